The van der Waals surface area contributed by atoms with Gasteiger partial charge in [-0.15, -0.1) is 21.5 Å². The summed E-state index contributed by atoms with van der Waals surface area (Å²) in [5.41, 5.74) is 1.75. The third kappa shape index (κ3) is 6.17. The first-order valence-corrected chi connectivity index (χ1v) is 6.14. The lowest BCUT2D eigenvalue weighted by Crippen LogP contribution is -1.93. The van der Waals surface area contributed by atoms with E-state index in [9.17, 15) is 4.79 Å². The predicted octanol–water partition coefficient (Wildman–Crippen LogP) is 2.51. The number of rotatable bonds is 8. The monoisotopic (exact) mass is 228 g/mol. The van der Waals surface area contributed by atoms with Crippen LogP contribution in [0.4, 0.5) is 0 Å². The van der Waals surface area contributed by atoms with Crippen LogP contribution in [-0.2, 0) is 11.2 Å². The predicted molar refractivity (Wildman–Crippen MR) is 59.0 cm³/mol. The highest BCUT2D eigenvalue weighted by molar-refractivity contribution is 7.09. The molecule has 1 rings (SSSR count). The summed E-state index contributed by atoms with van der Waals surface area (Å²) in [5, 5.41) is 17.3. The van der Waals surface area contributed by atoms with Gasteiger partial charge in [-0.2, -0.15) is 0 Å². The number of carboxylic acid groups (broad SMARTS) is 1. The van der Waals surface area contributed by atoms with Crippen molar-refractivity contribution in [2.45, 2.75) is 44.9 Å². The Labute approximate surface area is 93.4 Å². The topological polar surface area (TPSA) is 63.1 Å². The third-order valence-corrected chi connectivity index (χ3v) is 2.94. The first-order valence-electron chi connectivity index (χ1n) is 5.26. The van der Waals surface area contributed by atoms with Crippen molar-refractivity contribution in [2.75, 3.05) is 0 Å². The summed E-state index contributed by atoms with van der Waals surface area (Å²) in [6, 6.07) is 0. The van der Waals surface area contributed by atoms with Crippen LogP contribution in [0, 0.1) is 0 Å². The summed E-state index contributed by atoms with van der Waals surface area (Å²) in [6.45, 7) is 0. The highest BCUT2D eigenvalue weighted by Gasteiger charge is 1.98. The van der Waals surface area contributed by atoms with Gasteiger partial charge in [0.2, 0.25) is 0 Å². The second kappa shape index (κ2) is 7.34. The molecular weight excluding hydrogens is 212 g/mol. The van der Waals surface area contributed by atoms with E-state index < -0.39 is 5.97 Å². The maximum atomic E-state index is 10.2. The highest BCUT2D eigenvalue weighted by atomic mass is 32.1. The van der Waals surface area contributed by atoms with Crippen LogP contribution < -0.4 is 0 Å². The minimum Gasteiger partial charge on any atom is -0.481 e. The Kier molecular flexibility index (Phi) is 5.92. The fourth-order valence-electron chi connectivity index (χ4n) is 1.39. The minimum atomic E-state index is -0.691. The van der Waals surface area contributed by atoms with Crippen molar-refractivity contribution < 1.29 is 9.90 Å². The molecule has 0 saturated heterocycles. The van der Waals surface area contributed by atoms with Crippen LogP contribution in [0.5, 0.6) is 0 Å². The average Bonchev–Trinajstić information content (AvgIpc) is 2.68. The van der Waals surface area contributed by atoms with Gasteiger partial charge in [0, 0.05) is 12.8 Å². The molecule has 4 nitrogen and oxygen atoms in total. The number of aromatic nitrogens is 2. The first kappa shape index (κ1) is 12.1. The number of hydrogen-bond acceptors (Lipinski definition) is 4. The summed E-state index contributed by atoms with van der Waals surface area (Å²) >= 11 is 1.60. The number of carboxylic acids is 1. The minimum absolute atomic E-state index is 0.302. The van der Waals surface area contributed by atoms with Crippen LogP contribution in [0.15, 0.2) is 5.51 Å². The van der Waals surface area contributed by atoms with Crippen LogP contribution in [0.25, 0.3) is 0 Å². The third-order valence-electron chi connectivity index (χ3n) is 2.19. The number of carbonyl (C=O) groups is 1. The molecule has 0 amide bonds. The van der Waals surface area contributed by atoms with E-state index in [1.165, 1.54) is 0 Å². The van der Waals surface area contributed by atoms with Crippen LogP contribution in [0.2, 0.25) is 0 Å². The molecule has 0 unspecified atom stereocenters. The molecule has 0 aliphatic heterocycles. The summed E-state index contributed by atoms with van der Waals surface area (Å²) in [4.78, 5) is 10.2. The zero-order valence-electron chi connectivity index (χ0n) is 8.69. The van der Waals surface area contributed by atoms with E-state index in [0.29, 0.717) is 6.42 Å². The molecule has 0 spiro atoms. The van der Waals surface area contributed by atoms with Crippen molar-refractivity contribution in [2.24, 2.45) is 0 Å². The second-order valence-electron chi connectivity index (χ2n) is 3.49. The lowest BCUT2D eigenvalue weighted by Gasteiger charge is -1.98. The van der Waals surface area contributed by atoms with Crippen LogP contribution >= 0.6 is 11.3 Å². The van der Waals surface area contributed by atoms with Gasteiger partial charge in [0.1, 0.15) is 10.5 Å². The molecule has 1 aromatic heterocycles. The fraction of sp³-hybridized carbons (Fsp3) is 0.700. The van der Waals surface area contributed by atoms with Crippen molar-refractivity contribution in [1.29, 1.82) is 0 Å². The lowest BCUT2D eigenvalue weighted by atomic mass is 10.1. The summed E-state index contributed by atoms with van der Waals surface area (Å²) in [6.07, 6.45) is 6.52. The smallest absolute Gasteiger partial charge is 0.303 e. The van der Waals surface area contributed by atoms with E-state index in [4.69, 9.17) is 5.11 Å². The summed E-state index contributed by atoms with van der Waals surface area (Å²) < 4.78 is 0. The number of aryl methyl sites for hydroxylation is 1. The lowest BCUT2D eigenvalue weighted by molar-refractivity contribution is -0.137. The Morgan fingerprint density at radius 3 is 2.67 bits per heavy atom. The molecule has 1 aromatic rings. The Hall–Kier alpha value is -0.970. The van der Waals surface area contributed by atoms with Crippen molar-refractivity contribution in [1.82, 2.24) is 10.2 Å². The standard InChI is InChI=1S/C10H16N2O2S/c13-10(14)7-5-3-1-2-4-6-9-12-11-8-15-9/h8H,1-7H2,(H,13,14). The Morgan fingerprint density at radius 1 is 1.27 bits per heavy atom. The van der Waals surface area contributed by atoms with E-state index in [1.54, 1.807) is 16.8 Å². The molecule has 0 atom stereocenters. The normalized spacial score (nSPS) is 10.4. The number of unbranched alkanes of at least 4 members (excludes halogenated alkanes) is 4. The van der Waals surface area contributed by atoms with E-state index in [2.05, 4.69) is 10.2 Å². The van der Waals surface area contributed by atoms with Crippen LogP contribution in [0.3, 0.4) is 0 Å². The molecule has 1 N–H and O–H groups in total. The Bertz CT molecular complexity index is 275. The molecule has 0 saturated carbocycles. The SMILES string of the molecule is O=C(O)CCCCCCCc1nncs1. The number of hydrogen-bond donors (Lipinski definition) is 1. The van der Waals surface area contributed by atoms with Gasteiger partial charge in [0.25, 0.3) is 0 Å². The molecule has 0 aliphatic carbocycles. The molecule has 1 heterocycles. The fourth-order valence-corrected chi connectivity index (χ4v) is 1.96. The largest absolute Gasteiger partial charge is 0.481 e. The van der Waals surface area contributed by atoms with Gasteiger partial charge in [0.15, 0.2) is 0 Å². The molecule has 0 aliphatic rings. The van der Waals surface area contributed by atoms with Gasteiger partial charge in [0.05, 0.1) is 0 Å². The average molecular weight is 228 g/mol. The van der Waals surface area contributed by atoms with Crippen LogP contribution in [0.1, 0.15) is 43.5 Å². The maximum absolute atomic E-state index is 10.2. The van der Waals surface area contributed by atoms with Crippen molar-refractivity contribution >= 4 is 17.3 Å². The second-order valence-corrected chi connectivity index (χ2v) is 4.41. The van der Waals surface area contributed by atoms with Gasteiger partial charge in [-0.25, -0.2) is 0 Å². The Balaban J connectivity index is 1.87. The molecule has 0 radical (unpaired) electrons. The highest BCUT2D eigenvalue weighted by Crippen LogP contribution is 2.10. The molecule has 0 bridgehead atoms. The molecule has 5 heteroatoms. The van der Waals surface area contributed by atoms with Gasteiger partial charge >= 0.3 is 5.97 Å². The molecule has 0 aromatic carbocycles. The van der Waals surface area contributed by atoms with Crippen molar-refractivity contribution in [3.8, 4) is 0 Å². The van der Waals surface area contributed by atoms with Gasteiger partial charge in [-0.3, -0.25) is 4.79 Å². The maximum Gasteiger partial charge on any atom is 0.303 e. The van der Waals surface area contributed by atoms with E-state index in [-0.39, 0.29) is 0 Å². The summed E-state index contributed by atoms with van der Waals surface area (Å²) in [7, 11) is 0. The van der Waals surface area contributed by atoms with Gasteiger partial charge < -0.3 is 5.11 Å². The van der Waals surface area contributed by atoms with E-state index in [0.717, 1.165) is 43.5 Å². The molecule has 15 heavy (non-hydrogen) atoms. The number of nitrogens with zero attached hydrogens (tertiary/aromatic N) is 2. The molecule has 0 fully saturated rings. The molecule has 84 valence electrons. The van der Waals surface area contributed by atoms with Gasteiger partial charge in [-0.05, 0) is 12.8 Å². The van der Waals surface area contributed by atoms with Gasteiger partial charge in [-0.1, -0.05) is 19.3 Å². The van der Waals surface area contributed by atoms with Crippen molar-refractivity contribution in [3.05, 3.63) is 10.5 Å². The summed E-state index contributed by atoms with van der Waals surface area (Å²) in [5.74, 6) is -0.691. The van der Waals surface area contributed by atoms with Crippen LogP contribution in [-0.4, -0.2) is 21.3 Å². The van der Waals surface area contributed by atoms with E-state index >= 15 is 0 Å². The van der Waals surface area contributed by atoms with Crippen molar-refractivity contribution in [3.63, 3.8) is 0 Å². The zero-order valence-corrected chi connectivity index (χ0v) is 9.50. The first-order chi connectivity index (χ1) is 7.29. The zero-order chi connectivity index (χ0) is 10.9. The number of aliphatic carboxylic acids is 1. The van der Waals surface area contributed by atoms with E-state index in [1.807, 2.05) is 0 Å². The Morgan fingerprint density at radius 2 is 2.00 bits per heavy atom. The molecular formula is C10H16N2O2S. The quantitative estimate of drug-likeness (QED) is 0.694.